The molecule has 4 heteroatoms. The molecule has 0 saturated heterocycles. The summed E-state index contributed by atoms with van der Waals surface area (Å²) in [6.07, 6.45) is 0.957. The lowest BCUT2D eigenvalue weighted by Gasteiger charge is -2.10. The van der Waals surface area contributed by atoms with Crippen molar-refractivity contribution in [1.29, 1.82) is 0 Å². The van der Waals surface area contributed by atoms with Crippen molar-refractivity contribution in [1.82, 2.24) is 0 Å². The molecular weight excluding hydrogens is 287 g/mol. The third kappa shape index (κ3) is 3.34. The quantitative estimate of drug-likeness (QED) is 0.589. The van der Waals surface area contributed by atoms with E-state index in [-0.39, 0.29) is 0 Å². The Labute approximate surface area is 102 Å². The van der Waals surface area contributed by atoms with Crippen molar-refractivity contribution < 1.29 is 4.74 Å². The van der Waals surface area contributed by atoms with E-state index in [1.165, 1.54) is 0 Å². The van der Waals surface area contributed by atoms with Gasteiger partial charge in [0, 0.05) is 10.4 Å². The summed E-state index contributed by atoms with van der Waals surface area (Å²) in [6, 6.07) is 3.54. The van der Waals surface area contributed by atoms with E-state index in [1.807, 2.05) is 13.0 Å². The molecule has 0 saturated carbocycles. The summed E-state index contributed by atoms with van der Waals surface area (Å²) in [7, 11) is 0. The Morgan fingerprint density at radius 2 is 2.07 bits per heavy atom. The van der Waals surface area contributed by atoms with E-state index in [1.54, 1.807) is 6.07 Å². The van der Waals surface area contributed by atoms with Gasteiger partial charge in [-0.3, -0.25) is 0 Å². The maximum atomic E-state index is 5.99. The highest BCUT2D eigenvalue weighted by Crippen LogP contribution is 2.31. The van der Waals surface area contributed by atoms with Gasteiger partial charge in [0.15, 0.2) is 0 Å². The lowest BCUT2D eigenvalue weighted by Crippen LogP contribution is -1.99. The number of alkyl halides is 1. The molecule has 0 heterocycles. The molecule has 0 aromatic heterocycles. The zero-order valence-electron chi connectivity index (χ0n) is 7.82. The molecule has 0 bridgehead atoms. The van der Waals surface area contributed by atoms with Gasteiger partial charge in [0.25, 0.3) is 0 Å². The van der Waals surface area contributed by atoms with Crippen molar-refractivity contribution >= 4 is 39.1 Å². The van der Waals surface area contributed by atoms with Gasteiger partial charge < -0.3 is 4.74 Å². The predicted molar refractivity (Wildman–Crippen MR) is 65.1 cm³/mol. The van der Waals surface area contributed by atoms with E-state index in [9.17, 15) is 0 Å². The van der Waals surface area contributed by atoms with E-state index >= 15 is 0 Å². The van der Waals surface area contributed by atoms with Gasteiger partial charge in [-0.25, -0.2) is 0 Å². The second-order valence-electron chi connectivity index (χ2n) is 2.92. The minimum absolute atomic E-state index is 0.574. The Hall–Kier alpha value is 0.0800. The number of aryl methyl sites for hydroxylation is 1. The standard InChI is InChI=1S/C10H11BrCl2O/c1-7-5-8(12)6-9(13)10(7)14-4-2-3-11/h5-6H,2-4H2,1H3. The Morgan fingerprint density at radius 1 is 1.36 bits per heavy atom. The van der Waals surface area contributed by atoms with E-state index in [0.29, 0.717) is 16.7 Å². The topological polar surface area (TPSA) is 9.23 Å². The van der Waals surface area contributed by atoms with Crippen molar-refractivity contribution in [3.8, 4) is 5.75 Å². The highest BCUT2D eigenvalue weighted by Gasteiger charge is 2.06. The first-order valence-electron chi connectivity index (χ1n) is 4.29. The molecule has 0 atom stereocenters. The fourth-order valence-electron chi connectivity index (χ4n) is 1.10. The number of benzene rings is 1. The number of hydrogen-bond acceptors (Lipinski definition) is 1. The molecule has 1 nitrogen and oxygen atoms in total. The van der Waals surface area contributed by atoms with Crippen LogP contribution in [-0.2, 0) is 0 Å². The highest BCUT2D eigenvalue weighted by molar-refractivity contribution is 9.09. The van der Waals surface area contributed by atoms with E-state index in [0.717, 1.165) is 23.1 Å². The Kier molecular flexibility index (Phi) is 5.07. The molecule has 0 amide bonds. The first-order valence-corrected chi connectivity index (χ1v) is 6.17. The first kappa shape index (κ1) is 12.2. The summed E-state index contributed by atoms with van der Waals surface area (Å²) >= 11 is 15.2. The van der Waals surface area contributed by atoms with E-state index in [2.05, 4.69) is 15.9 Å². The van der Waals surface area contributed by atoms with Crippen molar-refractivity contribution in [2.45, 2.75) is 13.3 Å². The third-order valence-corrected chi connectivity index (χ3v) is 2.78. The second kappa shape index (κ2) is 5.84. The van der Waals surface area contributed by atoms with Crippen LogP contribution in [0.15, 0.2) is 12.1 Å². The minimum Gasteiger partial charge on any atom is -0.492 e. The number of rotatable bonds is 4. The van der Waals surface area contributed by atoms with Gasteiger partial charge in [-0.2, -0.15) is 0 Å². The molecule has 78 valence electrons. The van der Waals surface area contributed by atoms with Gasteiger partial charge >= 0.3 is 0 Å². The molecule has 0 unspecified atom stereocenters. The van der Waals surface area contributed by atoms with Crippen LogP contribution < -0.4 is 4.74 Å². The van der Waals surface area contributed by atoms with Crippen LogP contribution in [0.3, 0.4) is 0 Å². The van der Waals surface area contributed by atoms with Crippen LogP contribution in [0.4, 0.5) is 0 Å². The monoisotopic (exact) mass is 296 g/mol. The zero-order chi connectivity index (χ0) is 10.6. The number of hydrogen-bond donors (Lipinski definition) is 0. The van der Waals surface area contributed by atoms with Crippen molar-refractivity contribution in [3.63, 3.8) is 0 Å². The van der Waals surface area contributed by atoms with Crippen LogP contribution in [0.2, 0.25) is 10.0 Å². The van der Waals surface area contributed by atoms with Crippen LogP contribution in [0.25, 0.3) is 0 Å². The largest absolute Gasteiger partial charge is 0.492 e. The number of ether oxygens (including phenoxy) is 1. The molecule has 0 aliphatic heterocycles. The lowest BCUT2D eigenvalue weighted by atomic mass is 10.2. The summed E-state index contributed by atoms with van der Waals surface area (Å²) in [5.74, 6) is 0.733. The first-order chi connectivity index (χ1) is 6.65. The predicted octanol–water partition coefficient (Wildman–Crippen LogP) is 4.47. The van der Waals surface area contributed by atoms with E-state index in [4.69, 9.17) is 27.9 Å². The van der Waals surface area contributed by atoms with Crippen molar-refractivity contribution in [2.24, 2.45) is 0 Å². The summed E-state index contributed by atoms with van der Waals surface area (Å²) in [5.41, 5.74) is 0.970. The van der Waals surface area contributed by atoms with Crippen molar-refractivity contribution in [2.75, 3.05) is 11.9 Å². The van der Waals surface area contributed by atoms with Crippen LogP contribution in [0.1, 0.15) is 12.0 Å². The second-order valence-corrected chi connectivity index (χ2v) is 4.56. The number of halogens is 3. The Balaban J connectivity index is 2.75. The third-order valence-electron chi connectivity index (χ3n) is 1.72. The molecular formula is C10H11BrCl2O. The van der Waals surface area contributed by atoms with E-state index < -0.39 is 0 Å². The molecule has 1 rings (SSSR count). The molecule has 0 fully saturated rings. The molecule has 0 spiro atoms. The average molecular weight is 298 g/mol. The minimum atomic E-state index is 0.574. The van der Waals surface area contributed by atoms with Gasteiger partial charge in [-0.15, -0.1) is 0 Å². The van der Waals surface area contributed by atoms with Gasteiger partial charge in [0.1, 0.15) is 5.75 Å². The fourth-order valence-corrected chi connectivity index (χ4v) is 1.98. The zero-order valence-corrected chi connectivity index (χ0v) is 10.9. The molecule has 1 aromatic rings. The van der Waals surface area contributed by atoms with Crippen molar-refractivity contribution in [3.05, 3.63) is 27.7 Å². The molecule has 0 aliphatic rings. The van der Waals surface area contributed by atoms with Crippen LogP contribution in [-0.4, -0.2) is 11.9 Å². The van der Waals surface area contributed by atoms with Crippen LogP contribution in [0.5, 0.6) is 5.75 Å². The van der Waals surface area contributed by atoms with Gasteiger partial charge in [0.2, 0.25) is 0 Å². The maximum Gasteiger partial charge on any atom is 0.140 e. The van der Waals surface area contributed by atoms with Crippen LogP contribution in [0, 0.1) is 6.92 Å². The molecule has 0 N–H and O–H groups in total. The summed E-state index contributed by atoms with van der Waals surface area (Å²) in [4.78, 5) is 0. The maximum absolute atomic E-state index is 5.99. The molecule has 0 radical (unpaired) electrons. The Bertz CT molecular complexity index is 292. The van der Waals surface area contributed by atoms with Crippen LogP contribution >= 0.6 is 39.1 Å². The summed E-state index contributed by atoms with van der Waals surface area (Å²) in [5, 5.41) is 2.14. The SMILES string of the molecule is Cc1cc(Cl)cc(Cl)c1OCCCBr. The molecule has 1 aromatic carbocycles. The summed E-state index contributed by atoms with van der Waals surface area (Å²) < 4.78 is 5.54. The summed E-state index contributed by atoms with van der Waals surface area (Å²) in [6.45, 7) is 2.59. The van der Waals surface area contributed by atoms with Gasteiger partial charge in [-0.1, -0.05) is 39.1 Å². The highest BCUT2D eigenvalue weighted by atomic mass is 79.9. The van der Waals surface area contributed by atoms with Gasteiger partial charge in [-0.05, 0) is 31.0 Å². The normalized spacial score (nSPS) is 10.3. The molecule has 14 heavy (non-hydrogen) atoms. The molecule has 0 aliphatic carbocycles. The average Bonchev–Trinajstić information content (AvgIpc) is 2.09. The Morgan fingerprint density at radius 3 is 2.64 bits per heavy atom. The van der Waals surface area contributed by atoms with Gasteiger partial charge in [0.05, 0.1) is 11.6 Å². The lowest BCUT2D eigenvalue weighted by molar-refractivity contribution is 0.317. The smallest absolute Gasteiger partial charge is 0.140 e. The fraction of sp³-hybridized carbons (Fsp3) is 0.400.